The van der Waals surface area contributed by atoms with Crippen molar-refractivity contribution in [2.24, 2.45) is 0 Å². The second kappa shape index (κ2) is 8.99. The number of H-pyrrole nitrogens is 1. The van der Waals surface area contributed by atoms with Crippen LogP contribution in [0.2, 0.25) is 5.02 Å². The average Bonchev–Trinajstić information content (AvgIpc) is 3.12. The minimum atomic E-state index is -4.46. The molecule has 0 saturated heterocycles. The highest BCUT2D eigenvalue weighted by molar-refractivity contribution is 6.32. The van der Waals surface area contributed by atoms with Crippen LogP contribution in [-0.4, -0.2) is 15.0 Å². The van der Waals surface area contributed by atoms with E-state index in [0.717, 1.165) is 12.1 Å². The molecular formula is C19H14Cl3F3N4O. The minimum Gasteiger partial charge on any atom is -0.456 e. The van der Waals surface area contributed by atoms with Gasteiger partial charge in [0.25, 0.3) is 0 Å². The van der Waals surface area contributed by atoms with E-state index >= 15 is 0 Å². The molecule has 11 heteroatoms. The Morgan fingerprint density at radius 1 is 1.00 bits per heavy atom. The number of nitrogen functional groups attached to an aromatic ring is 1. The number of ether oxygens (including phenoxy) is 1. The molecule has 5 nitrogen and oxygen atoms in total. The molecular weight excluding hydrogens is 464 g/mol. The number of alkyl halides is 3. The molecule has 0 radical (unpaired) electrons. The zero-order valence-corrected chi connectivity index (χ0v) is 17.3. The van der Waals surface area contributed by atoms with Gasteiger partial charge in [0.1, 0.15) is 17.0 Å². The van der Waals surface area contributed by atoms with E-state index in [0.29, 0.717) is 28.2 Å². The average molecular weight is 478 g/mol. The van der Waals surface area contributed by atoms with Gasteiger partial charge in [0.15, 0.2) is 11.6 Å². The Hall–Kier alpha value is -2.68. The molecule has 4 aromatic rings. The zero-order chi connectivity index (χ0) is 19.9. The quantitative estimate of drug-likeness (QED) is 0.352. The number of fused-ring (bicyclic) bond motifs is 1. The molecule has 4 rings (SSSR count). The second-order valence-corrected chi connectivity index (χ2v) is 6.35. The van der Waals surface area contributed by atoms with E-state index in [9.17, 15) is 13.2 Å². The third-order valence-corrected chi connectivity index (χ3v) is 4.31. The lowest BCUT2D eigenvalue weighted by Gasteiger charge is -2.11. The Morgan fingerprint density at radius 3 is 2.47 bits per heavy atom. The molecule has 2 aromatic heterocycles. The Balaban J connectivity index is 0.00000160. The van der Waals surface area contributed by atoms with Crippen molar-refractivity contribution >= 4 is 53.3 Å². The Kier molecular flexibility index (Phi) is 7.07. The van der Waals surface area contributed by atoms with Gasteiger partial charge in [-0.3, -0.25) is 0 Å². The van der Waals surface area contributed by atoms with Crippen LogP contribution in [0.3, 0.4) is 0 Å². The molecule has 0 amide bonds. The number of halogens is 6. The van der Waals surface area contributed by atoms with Crippen LogP contribution in [0.15, 0.2) is 54.7 Å². The highest BCUT2D eigenvalue weighted by Crippen LogP contribution is 2.36. The third kappa shape index (κ3) is 4.72. The summed E-state index contributed by atoms with van der Waals surface area (Å²) in [5, 5.41) is 0.200. The number of nitrogens with zero attached hydrogens (tertiary/aromatic N) is 2. The van der Waals surface area contributed by atoms with E-state index < -0.39 is 11.7 Å². The number of aromatic nitrogens is 3. The number of rotatable bonds is 3. The topological polar surface area (TPSA) is 76.8 Å². The second-order valence-electron chi connectivity index (χ2n) is 5.94. The zero-order valence-electron chi connectivity index (χ0n) is 14.9. The van der Waals surface area contributed by atoms with Crippen molar-refractivity contribution in [3.8, 4) is 22.9 Å². The lowest BCUT2D eigenvalue weighted by molar-refractivity contribution is -0.137. The van der Waals surface area contributed by atoms with Crippen LogP contribution >= 0.6 is 36.4 Å². The summed E-state index contributed by atoms with van der Waals surface area (Å²) < 4.78 is 44.0. The van der Waals surface area contributed by atoms with Crippen LogP contribution in [0, 0.1) is 0 Å². The van der Waals surface area contributed by atoms with Crippen molar-refractivity contribution in [2.75, 3.05) is 5.73 Å². The van der Waals surface area contributed by atoms with Crippen LogP contribution in [0.1, 0.15) is 5.56 Å². The van der Waals surface area contributed by atoms with Crippen molar-refractivity contribution in [3.05, 3.63) is 65.3 Å². The molecule has 0 atom stereocenters. The van der Waals surface area contributed by atoms with E-state index in [1.807, 2.05) is 0 Å². The monoisotopic (exact) mass is 476 g/mol. The molecule has 158 valence electrons. The molecule has 0 saturated carbocycles. The van der Waals surface area contributed by atoms with Crippen molar-refractivity contribution in [3.63, 3.8) is 0 Å². The van der Waals surface area contributed by atoms with Crippen molar-refractivity contribution in [1.29, 1.82) is 0 Å². The van der Waals surface area contributed by atoms with Gasteiger partial charge < -0.3 is 15.5 Å². The fraction of sp³-hybridized carbons (Fsp3) is 0.0526. The number of anilines is 1. The van der Waals surface area contributed by atoms with Gasteiger partial charge in [-0.05, 0) is 42.5 Å². The maximum Gasteiger partial charge on any atom is 0.416 e. The molecule has 0 fully saturated rings. The molecule has 0 spiro atoms. The molecule has 0 bridgehead atoms. The standard InChI is InChI=1S/C19H12ClF3N4O.2ClH/c20-13-8-10(18-26-14-6-7-25-16(14)17(24)27-18)4-5-15(13)28-12-3-1-2-11(9-12)19(21,22)23;;/h1-9,25H,(H2,24,26,27);2*1H. The van der Waals surface area contributed by atoms with Crippen molar-refractivity contribution < 1.29 is 17.9 Å². The normalized spacial score (nSPS) is 10.9. The summed E-state index contributed by atoms with van der Waals surface area (Å²) in [4.78, 5) is 11.6. The predicted molar refractivity (Wildman–Crippen MR) is 115 cm³/mol. The molecule has 2 aromatic carbocycles. The van der Waals surface area contributed by atoms with Gasteiger partial charge in [-0.1, -0.05) is 17.7 Å². The van der Waals surface area contributed by atoms with Gasteiger partial charge in [-0.2, -0.15) is 13.2 Å². The lowest BCUT2D eigenvalue weighted by atomic mass is 10.2. The van der Waals surface area contributed by atoms with Crippen LogP contribution < -0.4 is 10.5 Å². The minimum absolute atomic E-state index is 0. The van der Waals surface area contributed by atoms with Crippen LogP contribution in [0.4, 0.5) is 19.0 Å². The number of hydrogen-bond donors (Lipinski definition) is 2. The van der Waals surface area contributed by atoms with E-state index in [-0.39, 0.29) is 41.3 Å². The molecule has 0 unspecified atom stereocenters. The highest BCUT2D eigenvalue weighted by atomic mass is 35.5. The highest BCUT2D eigenvalue weighted by Gasteiger charge is 2.30. The number of hydrogen-bond acceptors (Lipinski definition) is 4. The first kappa shape index (κ1) is 23.6. The van der Waals surface area contributed by atoms with E-state index in [4.69, 9.17) is 22.1 Å². The van der Waals surface area contributed by atoms with Gasteiger partial charge in [-0.15, -0.1) is 24.8 Å². The van der Waals surface area contributed by atoms with Gasteiger partial charge in [0, 0.05) is 11.8 Å². The maximum absolute atomic E-state index is 12.8. The Bertz CT molecular complexity index is 1180. The van der Waals surface area contributed by atoms with E-state index in [2.05, 4.69) is 15.0 Å². The van der Waals surface area contributed by atoms with E-state index in [1.54, 1.807) is 30.5 Å². The van der Waals surface area contributed by atoms with Crippen LogP contribution in [-0.2, 0) is 6.18 Å². The number of nitrogens with one attached hydrogen (secondary N) is 1. The Morgan fingerprint density at radius 2 is 1.77 bits per heavy atom. The summed E-state index contributed by atoms with van der Waals surface area (Å²) in [7, 11) is 0. The van der Waals surface area contributed by atoms with Gasteiger partial charge >= 0.3 is 6.18 Å². The summed E-state index contributed by atoms with van der Waals surface area (Å²) in [6.07, 6.45) is -2.75. The predicted octanol–water partition coefficient (Wildman–Crippen LogP) is 6.52. The number of aromatic amines is 1. The van der Waals surface area contributed by atoms with Gasteiger partial charge in [0.05, 0.1) is 16.1 Å². The first-order valence-corrected chi connectivity index (χ1v) is 8.45. The largest absolute Gasteiger partial charge is 0.456 e. The molecule has 2 heterocycles. The lowest BCUT2D eigenvalue weighted by Crippen LogP contribution is -2.04. The number of nitrogens with two attached hydrogens (primary N) is 1. The van der Waals surface area contributed by atoms with Crippen molar-refractivity contribution in [2.45, 2.75) is 6.18 Å². The molecule has 0 aliphatic rings. The summed E-state index contributed by atoms with van der Waals surface area (Å²) in [5.74, 6) is 0.904. The molecule has 0 aliphatic heterocycles. The molecule has 30 heavy (non-hydrogen) atoms. The fourth-order valence-electron chi connectivity index (χ4n) is 2.68. The molecule has 3 N–H and O–H groups in total. The maximum atomic E-state index is 12.8. The summed E-state index contributed by atoms with van der Waals surface area (Å²) in [6, 6.07) is 11.1. The summed E-state index contributed by atoms with van der Waals surface area (Å²) >= 11 is 6.26. The summed E-state index contributed by atoms with van der Waals surface area (Å²) in [6.45, 7) is 0. The Labute approximate surface area is 186 Å². The first-order chi connectivity index (χ1) is 13.3. The van der Waals surface area contributed by atoms with Gasteiger partial charge in [-0.25, -0.2) is 9.97 Å². The fourth-order valence-corrected chi connectivity index (χ4v) is 2.90. The number of benzene rings is 2. The van der Waals surface area contributed by atoms with Crippen LogP contribution in [0.25, 0.3) is 22.4 Å². The third-order valence-electron chi connectivity index (χ3n) is 4.01. The first-order valence-electron chi connectivity index (χ1n) is 8.07. The SMILES string of the molecule is Cl.Cl.Nc1nc(-c2ccc(Oc3cccc(C(F)(F)F)c3)c(Cl)c2)nc2cc[nH]c12. The summed E-state index contributed by atoms with van der Waals surface area (Å²) in [5.41, 5.74) is 7.01. The van der Waals surface area contributed by atoms with Crippen LogP contribution in [0.5, 0.6) is 11.5 Å². The molecule has 0 aliphatic carbocycles. The van der Waals surface area contributed by atoms with Gasteiger partial charge in [0.2, 0.25) is 0 Å². The smallest absolute Gasteiger partial charge is 0.416 e. The van der Waals surface area contributed by atoms with E-state index in [1.165, 1.54) is 12.1 Å². The van der Waals surface area contributed by atoms with Crippen molar-refractivity contribution in [1.82, 2.24) is 15.0 Å².